The molecular formula is C39H60N6O7. The largest absolute Gasteiger partial charge is 0.480 e. The van der Waals surface area contributed by atoms with Crippen LogP contribution in [0.2, 0.25) is 0 Å². The first-order valence-electron chi connectivity index (χ1n) is 18.4. The normalized spacial score (nSPS) is 19.1. The van der Waals surface area contributed by atoms with Crippen LogP contribution in [0.25, 0.3) is 0 Å². The molecule has 13 nitrogen and oxygen atoms in total. The molecule has 0 saturated carbocycles. The number of hydrogen-bond donors (Lipinski definition) is 3. The molecule has 1 aromatic carbocycles. The highest BCUT2D eigenvalue weighted by atomic mass is 16.5. The molecule has 1 aliphatic heterocycles. The lowest BCUT2D eigenvalue weighted by Gasteiger charge is -2.41. The van der Waals surface area contributed by atoms with Crippen LogP contribution in [0.1, 0.15) is 78.5 Å². The Labute approximate surface area is 309 Å². The molecule has 1 fully saturated rings. The van der Waals surface area contributed by atoms with Gasteiger partial charge in [-0.25, -0.2) is 14.8 Å². The van der Waals surface area contributed by atoms with E-state index in [1.54, 1.807) is 43.1 Å². The van der Waals surface area contributed by atoms with Crippen molar-refractivity contribution in [3.8, 4) is 0 Å². The van der Waals surface area contributed by atoms with Crippen LogP contribution in [0, 0.1) is 24.7 Å². The minimum absolute atomic E-state index is 0.000944. The second-order valence-corrected chi connectivity index (χ2v) is 14.8. The lowest BCUT2D eigenvalue weighted by atomic mass is 9.89. The van der Waals surface area contributed by atoms with E-state index in [0.29, 0.717) is 18.9 Å². The van der Waals surface area contributed by atoms with Crippen molar-refractivity contribution in [1.29, 1.82) is 0 Å². The molecule has 8 atom stereocenters. The number of likely N-dealkylation sites (tertiary alicyclic amines) is 1. The third kappa shape index (κ3) is 10.5. The Morgan fingerprint density at radius 1 is 1.08 bits per heavy atom. The van der Waals surface area contributed by atoms with Gasteiger partial charge in [-0.2, -0.15) is 0 Å². The number of likely N-dealkylation sites (N-methyl/N-ethyl adjacent to an activating group) is 1. The van der Waals surface area contributed by atoms with E-state index >= 15 is 0 Å². The van der Waals surface area contributed by atoms with Crippen LogP contribution in [0.15, 0.2) is 42.6 Å². The minimum Gasteiger partial charge on any atom is -0.480 e. The number of aliphatic carboxylic acids is 1. The molecule has 3 rings (SSSR count). The van der Waals surface area contributed by atoms with E-state index in [1.807, 2.05) is 58.0 Å². The van der Waals surface area contributed by atoms with Crippen LogP contribution in [0.5, 0.6) is 0 Å². The number of ether oxygens (including phenoxy) is 2. The van der Waals surface area contributed by atoms with E-state index < -0.39 is 53.7 Å². The van der Waals surface area contributed by atoms with Crippen LogP contribution in [0.4, 0.5) is 5.95 Å². The zero-order chi connectivity index (χ0) is 38.7. The van der Waals surface area contributed by atoms with E-state index in [1.165, 1.54) is 14.0 Å². The molecule has 0 radical (unpaired) electrons. The monoisotopic (exact) mass is 724 g/mol. The number of benzene rings is 1. The van der Waals surface area contributed by atoms with Gasteiger partial charge in [-0.05, 0) is 50.2 Å². The van der Waals surface area contributed by atoms with Crippen LogP contribution < -0.4 is 10.6 Å². The van der Waals surface area contributed by atoms with Crippen molar-refractivity contribution in [1.82, 2.24) is 25.1 Å². The fourth-order valence-corrected chi connectivity index (χ4v) is 7.26. The summed E-state index contributed by atoms with van der Waals surface area (Å²) in [7, 11) is 4.83. The number of rotatable bonds is 19. The third-order valence-electron chi connectivity index (χ3n) is 10.5. The molecule has 13 heteroatoms. The molecular weight excluding hydrogens is 664 g/mol. The summed E-state index contributed by atoms with van der Waals surface area (Å²) in [6, 6.07) is 9.49. The Hall–Kier alpha value is -4.10. The number of anilines is 1. The van der Waals surface area contributed by atoms with E-state index in [0.717, 1.165) is 24.1 Å². The molecule has 0 spiro atoms. The summed E-state index contributed by atoms with van der Waals surface area (Å²) in [5, 5.41) is 16.1. The topological polar surface area (TPSA) is 163 Å². The SMILES string of the molecule is CC[C@H](C)[C@@H]([C@@H](CC(=O)N1CCC[C@H]1[C@H](OC)[C@@H](C)C(=O)N[C@@](C)(Cc1ccccc1)C(=O)O)OC)N(C)C(=O)[C@@H](Nc1nccc(C)n1)C(C)C. The van der Waals surface area contributed by atoms with Crippen molar-refractivity contribution in [2.45, 2.75) is 116 Å². The average molecular weight is 725 g/mol. The number of methoxy groups -OCH3 is 2. The lowest BCUT2D eigenvalue weighted by Crippen LogP contribution is -2.58. The van der Waals surface area contributed by atoms with Gasteiger partial charge >= 0.3 is 5.97 Å². The lowest BCUT2D eigenvalue weighted by molar-refractivity contribution is -0.150. The predicted molar refractivity (Wildman–Crippen MR) is 199 cm³/mol. The summed E-state index contributed by atoms with van der Waals surface area (Å²) in [5.74, 6) is -2.40. The smallest absolute Gasteiger partial charge is 0.329 e. The minimum atomic E-state index is -1.55. The first-order chi connectivity index (χ1) is 24.6. The molecule has 3 amide bonds. The van der Waals surface area contributed by atoms with Crippen molar-refractivity contribution in [2.75, 3.05) is 33.1 Å². The van der Waals surface area contributed by atoms with Gasteiger partial charge in [0.25, 0.3) is 0 Å². The van der Waals surface area contributed by atoms with Crippen molar-refractivity contribution >= 4 is 29.6 Å². The van der Waals surface area contributed by atoms with E-state index in [4.69, 9.17) is 9.47 Å². The van der Waals surface area contributed by atoms with Gasteiger partial charge < -0.3 is 35.0 Å². The number of aromatic nitrogens is 2. The molecule has 3 N–H and O–H groups in total. The number of hydrogen-bond acceptors (Lipinski definition) is 9. The Morgan fingerprint density at radius 2 is 1.75 bits per heavy atom. The fraction of sp³-hybridized carbons (Fsp3) is 0.641. The number of amides is 3. The second kappa shape index (κ2) is 19.1. The van der Waals surface area contributed by atoms with Gasteiger partial charge in [0.05, 0.1) is 36.6 Å². The number of aryl methyl sites for hydroxylation is 1. The highest BCUT2D eigenvalue weighted by Crippen LogP contribution is 2.30. The number of carboxylic acid groups (broad SMARTS) is 1. The van der Waals surface area contributed by atoms with Gasteiger partial charge in [0.15, 0.2) is 0 Å². The Bertz CT molecular complexity index is 1490. The standard InChI is InChI=1S/C39H60N6O7/c1-11-25(4)33(44(8)36(48)32(24(2)3)42-38-40-20-19-26(5)41-38)30(51-9)22-31(46)45-21-15-18-29(45)34(52-10)27(6)35(47)43-39(7,37(49)50)23-28-16-13-12-14-17-28/h12-14,16-17,19-20,24-25,27,29-30,32-34H,11,15,18,21-23H2,1-10H3,(H,43,47)(H,49,50)(H,40,41,42)/t25-,27+,29-,30+,32-,33-,34+,39-/m0/s1. The molecule has 0 bridgehead atoms. The Balaban J connectivity index is 1.79. The van der Waals surface area contributed by atoms with Crippen molar-refractivity contribution < 1.29 is 33.8 Å². The number of carbonyl (C=O) groups excluding carboxylic acids is 3. The van der Waals surface area contributed by atoms with Crippen molar-refractivity contribution in [3.05, 3.63) is 53.9 Å². The summed E-state index contributed by atoms with van der Waals surface area (Å²) in [6.07, 6.45) is 2.57. The maximum Gasteiger partial charge on any atom is 0.329 e. The fourth-order valence-electron chi connectivity index (χ4n) is 7.26. The third-order valence-corrected chi connectivity index (χ3v) is 10.5. The first-order valence-corrected chi connectivity index (χ1v) is 18.4. The summed E-state index contributed by atoms with van der Waals surface area (Å²) in [5.41, 5.74) is 0.0141. The maximum atomic E-state index is 14.2. The quantitative estimate of drug-likeness (QED) is 0.190. The number of nitrogens with one attached hydrogen (secondary N) is 2. The molecule has 1 saturated heterocycles. The summed E-state index contributed by atoms with van der Waals surface area (Å²) in [6.45, 7) is 13.6. The van der Waals surface area contributed by atoms with Gasteiger partial charge in [0.2, 0.25) is 23.7 Å². The van der Waals surface area contributed by atoms with E-state index in [2.05, 4.69) is 27.5 Å². The Kier molecular flexibility index (Phi) is 15.6. The molecule has 1 aliphatic rings. The van der Waals surface area contributed by atoms with Gasteiger partial charge in [-0.3, -0.25) is 14.4 Å². The number of carboxylic acids is 1. The second-order valence-electron chi connectivity index (χ2n) is 14.8. The first kappa shape index (κ1) is 42.3. The molecule has 0 unspecified atom stereocenters. The zero-order valence-corrected chi connectivity index (χ0v) is 32.6. The van der Waals surface area contributed by atoms with Gasteiger partial charge in [-0.1, -0.05) is 71.4 Å². The number of nitrogens with zero attached hydrogens (tertiary/aromatic N) is 4. The molecule has 2 heterocycles. The summed E-state index contributed by atoms with van der Waals surface area (Å²) in [4.78, 5) is 66.5. The molecule has 52 heavy (non-hydrogen) atoms. The van der Waals surface area contributed by atoms with Crippen molar-refractivity contribution in [2.24, 2.45) is 17.8 Å². The van der Waals surface area contributed by atoms with Crippen LogP contribution in [-0.2, 0) is 35.1 Å². The van der Waals surface area contributed by atoms with Gasteiger partial charge in [0, 0.05) is 46.1 Å². The highest BCUT2D eigenvalue weighted by molar-refractivity contribution is 5.88. The van der Waals surface area contributed by atoms with Crippen LogP contribution in [-0.4, -0.2) is 112 Å². The summed E-state index contributed by atoms with van der Waals surface area (Å²) >= 11 is 0. The maximum absolute atomic E-state index is 14.2. The van der Waals surface area contributed by atoms with E-state index in [-0.39, 0.29) is 36.5 Å². The summed E-state index contributed by atoms with van der Waals surface area (Å²) < 4.78 is 11.9. The predicted octanol–water partition coefficient (Wildman–Crippen LogP) is 4.34. The highest BCUT2D eigenvalue weighted by Gasteiger charge is 2.44. The van der Waals surface area contributed by atoms with Crippen LogP contribution >= 0.6 is 0 Å². The van der Waals surface area contributed by atoms with Gasteiger partial charge in [-0.15, -0.1) is 0 Å². The molecule has 288 valence electrons. The Morgan fingerprint density at radius 3 is 2.31 bits per heavy atom. The average Bonchev–Trinajstić information content (AvgIpc) is 3.60. The van der Waals surface area contributed by atoms with Gasteiger partial charge in [0.1, 0.15) is 11.6 Å². The van der Waals surface area contributed by atoms with Crippen LogP contribution in [0.3, 0.4) is 0 Å². The molecule has 0 aliphatic carbocycles. The molecule has 2 aromatic rings. The van der Waals surface area contributed by atoms with Crippen molar-refractivity contribution in [3.63, 3.8) is 0 Å². The number of carbonyl (C=O) groups is 4. The van der Waals surface area contributed by atoms with E-state index in [9.17, 15) is 24.3 Å². The zero-order valence-electron chi connectivity index (χ0n) is 32.6. The molecule has 1 aromatic heterocycles.